The van der Waals surface area contributed by atoms with Crippen molar-refractivity contribution in [1.29, 1.82) is 0 Å². The Labute approximate surface area is 186 Å². The molecule has 0 radical (unpaired) electrons. The van der Waals surface area contributed by atoms with Crippen LogP contribution in [-0.4, -0.2) is 67.2 Å². The van der Waals surface area contributed by atoms with Gasteiger partial charge in [-0.3, -0.25) is 9.79 Å². The summed E-state index contributed by atoms with van der Waals surface area (Å²) >= 11 is 0. The van der Waals surface area contributed by atoms with Crippen molar-refractivity contribution in [3.63, 3.8) is 0 Å². The van der Waals surface area contributed by atoms with Gasteiger partial charge in [0.05, 0.1) is 6.54 Å². The third kappa shape index (κ3) is 10.9. The molecule has 0 aromatic rings. The summed E-state index contributed by atoms with van der Waals surface area (Å²) in [4.78, 5) is 30.1. The van der Waals surface area contributed by atoms with Crippen molar-refractivity contribution >= 4 is 41.9 Å². The van der Waals surface area contributed by atoms with Crippen LogP contribution < -0.4 is 16.0 Å². The fourth-order valence-corrected chi connectivity index (χ4v) is 2.65. The number of hydrogen-bond donors (Lipinski definition) is 3. The highest BCUT2D eigenvalue weighted by Crippen LogP contribution is 2.15. The number of piperidine rings is 1. The number of amides is 2. The molecule has 1 fully saturated rings. The first-order valence-corrected chi connectivity index (χ1v) is 9.93. The summed E-state index contributed by atoms with van der Waals surface area (Å²) in [6.45, 7) is 14.4. The van der Waals surface area contributed by atoms with Crippen LogP contribution in [-0.2, 0) is 9.53 Å². The Morgan fingerprint density at radius 3 is 2.50 bits per heavy atom. The zero-order valence-corrected chi connectivity index (χ0v) is 20.5. The van der Waals surface area contributed by atoms with Crippen molar-refractivity contribution in [2.24, 2.45) is 10.9 Å². The molecule has 1 unspecified atom stereocenters. The number of guanidine groups is 1. The molecule has 28 heavy (non-hydrogen) atoms. The smallest absolute Gasteiger partial charge is 0.410 e. The topological polar surface area (TPSA) is 95.1 Å². The molecule has 0 saturated carbocycles. The predicted octanol–water partition coefficient (Wildman–Crippen LogP) is 2.33. The molecule has 1 heterocycles. The van der Waals surface area contributed by atoms with Crippen molar-refractivity contribution in [1.82, 2.24) is 20.9 Å². The van der Waals surface area contributed by atoms with E-state index in [1.807, 2.05) is 41.5 Å². The first-order valence-electron chi connectivity index (χ1n) is 9.93. The number of likely N-dealkylation sites (tertiary alicyclic amines) is 1. The SMILES string of the molecule is CCNC(=NCCNC(=O)C(C)C)NC1CCCN(C(=O)OC(C)(C)C)C1.I. The minimum atomic E-state index is -0.492. The first kappa shape index (κ1) is 26.7. The summed E-state index contributed by atoms with van der Waals surface area (Å²) in [6, 6.07) is 0.120. The average molecular weight is 511 g/mol. The fraction of sp³-hybridized carbons (Fsp3) is 0.842. The molecule has 0 aromatic carbocycles. The monoisotopic (exact) mass is 511 g/mol. The number of halogens is 1. The van der Waals surface area contributed by atoms with Gasteiger partial charge in [0.15, 0.2) is 5.96 Å². The van der Waals surface area contributed by atoms with Gasteiger partial charge in [0.2, 0.25) is 5.91 Å². The molecule has 1 rings (SSSR count). The Kier molecular flexibility index (Phi) is 12.5. The first-order chi connectivity index (χ1) is 12.6. The molecule has 3 N–H and O–H groups in total. The van der Waals surface area contributed by atoms with Crippen LogP contribution in [0.1, 0.15) is 54.4 Å². The van der Waals surface area contributed by atoms with Crippen molar-refractivity contribution < 1.29 is 14.3 Å². The van der Waals surface area contributed by atoms with Gasteiger partial charge in [-0.05, 0) is 40.5 Å². The highest BCUT2D eigenvalue weighted by Gasteiger charge is 2.28. The van der Waals surface area contributed by atoms with E-state index in [0.717, 1.165) is 19.4 Å². The van der Waals surface area contributed by atoms with Gasteiger partial charge in [0.25, 0.3) is 0 Å². The van der Waals surface area contributed by atoms with Gasteiger partial charge in [-0.1, -0.05) is 13.8 Å². The van der Waals surface area contributed by atoms with Gasteiger partial charge in [-0.2, -0.15) is 0 Å². The van der Waals surface area contributed by atoms with Crippen LogP contribution in [0.2, 0.25) is 0 Å². The van der Waals surface area contributed by atoms with E-state index in [1.165, 1.54) is 0 Å². The van der Waals surface area contributed by atoms with Gasteiger partial charge >= 0.3 is 6.09 Å². The molecule has 2 amide bonds. The molecule has 0 bridgehead atoms. The number of carbonyl (C=O) groups excluding carboxylic acids is 2. The number of ether oxygens (including phenoxy) is 1. The quantitative estimate of drug-likeness (QED) is 0.220. The highest BCUT2D eigenvalue weighted by molar-refractivity contribution is 14.0. The Morgan fingerprint density at radius 1 is 1.25 bits per heavy atom. The second kappa shape index (κ2) is 13.1. The van der Waals surface area contributed by atoms with E-state index >= 15 is 0 Å². The third-order valence-electron chi connectivity index (χ3n) is 3.96. The van der Waals surface area contributed by atoms with E-state index in [9.17, 15) is 9.59 Å². The maximum absolute atomic E-state index is 12.3. The molecular formula is C19H38IN5O3. The average Bonchev–Trinajstić information content (AvgIpc) is 2.57. The number of carbonyl (C=O) groups is 2. The minimum absolute atomic E-state index is 0. The zero-order valence-electron chi connectivity index (χ0n) is 18.1. The van der Waals surface area contributed by atoms with E-state index in [-0.39, 0.29) is 47.9 Å². The third-order valence-corrected chi connectivity index (χ3v) is 3.96. The largest absolute Gasteiger partial charge is 0.444 e. The number of nitrogens with one attached hydrogen (secondary N) is 3. The van der Waals surface area contributed by atoms with Gasteiger partial charge in [-0.25, -0.2) is 4.79 Å². The van der Waals surface area contributed by atoms with E-state index in [2.05, 4.69) is 20.9 Å². The number of nitrogens with zero attached hydrogens (tertiary/aromatic N) is 2. The lowest BCUT2D eigenvalue weighted by Crippen LogP contribution is -2.53. The van der Waals surface area contributed by atoms with Crippen LogP contribution in [0.25, 0.3) is 0 Å². The summed E-state index contributed by atoms with van der Waals surface area (Å²) in [5, 5.41) is 9.46. The highest BCUT2D eigenvalue weighted by atomic mass is 127. The van der Waals surface area contributed by atoms with Crippen molar-refractivity contribution in [2.45, 2.75) is 66.0 Å². The van der Waals surface area contributed by atoms with E-state index in [4.69, 9.17) is 4.74 Å². The van der Waals surface area contributed by atoms with Crippen LogP contribution in [0.5, 0.6) is 0 Å². The van der Waals surface area contributed by atoms with Crippen LogP contribution in [0.4, 0.5) is 4.79 Å². The molecule has 9 heteroatoms. The lowest BCUT2D eigenvalue weighted by molar-refractivity contribution is -0.123. The fourth-order valence-electron chi connectivity index (χ4n) is 2.65. The Hall–Kier alpha value is -1.26. The van der Waals surface area contributed by atoms with Crippen LogP contribution in [0.3, 0.4) is 0 Å². The summed E-state index contributed by atoms with van der Waals surface area (Å²) in [5.74, 6) is 0.706. The maximum atomic E-state index is 12.3. The Balaban J connectivity index is 0.00000729. The van der Waals surface area contributed by atoms with Gasteiger partial charge in [-0.15, -0.1) is 24.0 Å². The van der Waals surface area contributed by atoms with Crippen LogP contribution in [0.15, 0.2) is 4.99 Å². The van der Waals surface area contributed by atoms with Crippen LogP contribution in [0, 0.1) is 5.92 Å². The van der Waals surface area contributed by atoms with E-state index in [0.29, 0.717) is 32.1 Å². The van der Waals surface area contributed by atoms with Crippen molar-refractivity contribution in [2.75, 3.05) is 32.7 Å². The Morgan fingerprint density at radius 2 is 1.93 bits per heavy atom. The summed E-state index contributed by atoms with van der Waals surface area (Å²) in [6.07, 6.45) is 1.61. The second-order valence-electron chi connectivity index (χ2n) is 8.12. The number of aliphatic imine (C=N–C) groups is 1. The Bertz CT molecular complexity index is 520. The molecule has 1 atom stereocenters. The van der Waals surface area contributed by atoms with E-state index in [1.54, 1.807) is 4.90 Å². The van der Waals surface area contributed by atoms with Crippen LogP contribution >= 0.6 is 24.0 Å². The standard InChI is InChI=1S/C19H37N5O3.HI/c1-7-20-17(22-11-10-21-16(25)14(2)3)23-15-9-8-12-24(13-15)18(26)27-19(4,5)6;/h14-15H,7-13H2,1-6H3,(H,21,25)(H2,20,22,23);1H. The lowest BCUT2D eigenvalue weighted by Gasteiger charge is -2.35. The molecule has 1 saturated heterocycles. The molecule has 1 aliphatic heterocycles. The molecule has 1 aliphatic rings. The summed E-state index contributed by atoms with van der Waals surface area (Å²) in [7, 11) is 0. The zero-order chi connectivity index (χ0) is 20.4. The number of rotatable bonds is 6. The van der Waals surface area contributed by atoms with Gasteiger partial charge < -0.3 is 25.6 Å². The summed E-state index contributed by atoms with van der Waals surface area (Å²) < 4.78 is 5.47. The van der Waals surface area contributed by atoms with Crippen molar-refractivity contribution in [3.8, 4) is 0 Å². The maximum Gasteiger partial charge on any atom is 0.410 e. The molecular weight excluding hydrogens is 473 g/mol. The van der Waals surface area contributed by atoms with Crippen molar-refractivity contribution in [3.05, 3.63) is 0 Å². The van der Waals surface area contributed by atoms with Gasteiger partial charge in [0, 0.05) is 38.1 Å². The lowest BCUT2D eigenvalue weighted by atomic mass is 10.1. The molecule has 0 spiro atoms. The molecule has 164 valence electrons. The molecule has 0 aromatic heterocycles. The minimum Gasteiger partial charge on any atom is -0.444 e. The predicted molar refractivity (Wildman–Crippen MR) is 123 cm³/mol. The van der Waals surface area contributed by atoms with E-state index < -0.39 is 5.60 Å². The number of hydrogen-bond acceptors (Lipinski definition) is 4. The summed E-state index contributed by atoms with van der Waals surface area (Å²) in [5.41, 5.74) is -0.492. The molecule has 8 nitrogen and oxygen atoms in total. The van der Waals surface area contributed by atoms with Gasteiger partial charge in [0.1, 0.15) is 5.60 Å². The normalized spacial score (nSPS) is 17.6. The second-order valence-corrected chi connectivity index (χ2v) is 8.12. The molecule has 0 aliphatic carbocycles.